The first-order chi connectivity index (χ1) is 9.40. The van der Waals surface area contributed by atoms with Crippen molar-refractivity contribution in [3.05, 3.63) is 30.1 Å². The summed E-state index contributed by atoms with van der Waals surface area (Å²) in [5, 5.41) is 0. The highest BCUT2D eigenvalue weighted by Gasteiger charge is 2.52. The van der Waals surface area contributed by atoms with Gasteiger partial charge in [-0.3, -0.25) is 4.79 Å². The van der Waals surface area contributed by atoms with Gasteiger partial charge in [-0.2, -0.15) is 0 Å². The molecule has 0 atom stereocenters. The summed E-state index contributed by atoms with van der Waals surface area (Å²) in [5.41, 5.74) is 5.77. The third-order valence-electron chi connectivity index (χ3n) is 3.97. The fraction of sp³-hybridized carbons (Fsp3) is 0.467. The van der Waals surface area contributed by atoms with Crippen LogP contribution >= 0.6 is 12.2 Å². The first-order valence-corrected chi connectivity index (χ1v) is 7.19. The Hall–Kier alpha value is -1.49. The van der Waals surface area contributed by atoms with Gasteiger partial charge in [0.2, 0.25) is 5.91 Å². The number of benzene rings is 1. The molecule has 1 saturated carbocycles. The molecule has 0 aliphatic heterocycles. The number of nitrogens with zero attached hydrogens (tertiary/aromatic N) is 1. The molecule has 0 bridgehead atoms. The quantitative estimate of drug-likeness (QED) is 0.869. The SMILES string of the molecule is CCN(C(=O)C1(C(N)=S)CC(C)C1)c1ccc(F)cc1. The van der Waals surface area contributed by atoms with Gasteiger partial charge in [0, 0.05) is 12.2 Å². The summed E-state index contributed by atoms with van der Waals surface area (Å²) >= 11 is 5.12. The lowest BCUT2D eigenvalue weighted by Gasteiger charge is -2.46. The van der Waals surface area contributed by atoms with Crippen LogP contribution in [0, 0.1) is 17.2 Å². The predicted molar refractivity (Wildman–Crippen MR) is 82.0 cm³/mol. The molecule has 108 valence electrons. The Kier molecular flexibility index (Phi) is 4.09. The smallest absolute Gasteiger partial charge is 0.240 e. The summed E-state index contributed by atoms with van der Waals surface area (Å²) in [4.78, 5) is 14.7. The molecule has 1 aromatic rings. The highest BCUT2D eigenvalue weighted by Crippen LogP contribution is 2.47. The van der Waals surface area contributed by atoms with E-state index in [0.717, 1.165) is 0 Å². The van der Waals surface area contributed by atoms with Crippen LogP contribution in [0.5, 0.6) is 0 Å². The van der Waals surface area contributed by atoms with Gasteiger partial charge in [-0.15, -0.1) is 0 Å². The number of carbonyl (C=O) groups is 1. The molecule has 2 rings (SSSR count). The summed E-state index contributed by atoms with van der Waals surface area (Å²) in [6, 6.07) is 5.91. The van der Waals surface area contributed by atoms with E-state index in [4.69, 9.17) is 18.0 Å². The highest BCUT2D eigenvalue weighted by atomic mass is 32.1. The molecular weight excluding hydrogens is 275 g/mol. The van der Waals surface area contributed by atoms with Crippen molar-refractivity contribution in [2.45, 2.75) is 26.7 Å². The van der Waals surface area contributed by atoms with Crippen LogP contribution in [0.4, 0.5) is 10.1 Å². The molecule has 2 N–H and O–H groups in total. The lowest BCUT2D eigenvalue weighted by Crippen LogP contribution is -2.57. The van der Waals surface area contributed by atoms with Crippen LogP contribution < -0.4 is 10.6 Å². The molecule has 1 aromatic carbocycles. The van der Waals surface area contributed by atoms with Crippen molar-refractivity contribution in [3.63, 3.8) is 0 Å². The number of rotatable bonds is 4. The molecule has 0 spiro atoms. The van der Waals surface area contributed by atoms with E-state index in [1.807, 2.05) is 6.92 Å². The molecule has 20 heavy (non-hydrogen) atoms. The van der Waals surface area contributed by atoms with Gasteiger partial charge in [0.1, 0.15) is 5.82 Å². The van der Waals surface area contributed by atoms with Gasteiger partial charge >= 0.3 is 0 Å². The third-order valence-corrected chi connectivity index (χ3v) is 4.37. The molecule has 1 aliphatic rings. The third kappa shape index (κ3) is 2.42. The first-order valence-electron chi connectivity index (χ1n) is 6.78. The Morgan fingerprint density at radius 1 is 1.45 bits per heavy atom. The number of carbonyl (C=O) groups excluding carboxylic acids is 1. The van der Waals surface area contributed by atoms with Crippen molar-refractivity contribution in [2.75, 3.05) is 11.4 Å². The van der Waals surface area contributed by atoms with E-state index in [9.17, 15) is 9.18 Å². The van der Waals surface area contributed by atoms with Gasteiger partial charge < -0.3 is 10.6 Å². The van der Waals surface area contributed by atoms with Crippen LogP contribution in [-0.2, 0) is 4.79 Å². The minimum Gasteiger partial charge on any atom is -0.392 e. The minimum atomic E-state index is -0.723. The van der Waals surface area contributed by atoms with Gasteiger partial charge in [-0.05, 0) is 49.9 Å². The maximum Gasteiger partial charge on any atom is 0.240 e. The van der Waals surface area contributed by atoms with Crippen LogP contribution in [0.2, 0.25) is 0 Å². The predicted octanol–water partition coefficient (Wildman–Crippen LogP) is 2.88. The summed E-state index contributed by atoms with van der Waals surface area (Å²) in [5.74, 6) is 0.0585. The van der Waals surface area contributed by atoms with Crippen LogP contribution in [0.3, 0.4) is 0 Å². The van der Waals surface area contributed by atoms with Gasteiger partial charge in [-0.1, -0.05) is 19.1 Å². The van der Waals surface area contributed by atoms with Crippen molar-refractivity contribution in [3.8, 4) is 0 Å². The molecule has 0 aromatic heterocycles. The monoisotopic (exact) mass is 294 g/mol. The molecule has 1 fully saturated rings. The Morgan fingerprint density at radius 2 is 2.00 bits per heavy atom. The Bertz CT molecular complexity index is 523. The molecular formula is C15H19FN2OS. The van der Waals surface area contributed by atoms with E-state index in [1.54, 1.807) is 17.0 Å². The van der Waals surface area contributed by atoms with Gasteiger partial charge in [-0.25, -0.2) is 4.39 Å². The molecule has 1 aliphatic carbocycles. The molecule has 3 nitrogen and oxygen atoms in total. The number of nitrogens with two attached hydrogens (primary N) is 1. The maximum atomic E-state index is 13.0. The normalized spacial score (nSPS) is 24.9. The molecule has 0 saturated heterocycles. The number of hydrogen-bond acceptors (Lipinski definition) is 2. The van der Waals surface area contributed by atoms with E-state index in [1.165, 1.54) is 12.1 Å². The van der Waals surface area contributed by atoms with Crippen molar-refractivity contribution in [1.82, 2.24) is 0 Å². The Balaban J connectivity index is 2.29. The first kappa shape index (κ1) is 14.9. The van der Waals surface area contributed by atoms with Gasteiger partial charge in [0.05, 0.1) is 10.4 Å². The second-order valence-electron chi connectivity index (χ2n) is 5.49. The van der Waals surface area contributed by atoms with E-state index < -0.39 is 5.41 Å². The average Bonchev–Trinajstić information content (AvgIpc) is 2.37. The Labute approximate surface area is 123 Å². The molecule has 0 heterocycles. The average molecular weight is 294 g/mol. The van der Waals surface area contributed by atoms with Crippen molar-refractivity contribution in [2.24, 2.45) is 17.1 Å². The van der Waals surface area contributed by atoms with Crippen molar-refractivity contribution >= 4 is 28.8 Å². The zero-order chi connectivity index (χ0) is 14.9. The summed E-state index contributed by atoms with van der Waals surface area (Å²) in [6.07, 6.45) is 1.39. The topological polar surface area (TPSA) is 46.3 Å². The summed E-state index contributed by atoms with van der Waals surface area (Å²) < 4.78 is 13.0. The Morgan fingerprint density at radius 3 is 2.40 bits per heavy atom. The van der Waals surface area contributed by atoms with E-state index in [2.05, 4.69) is 6.92 Å². The molecule has 0 radical (unpaired) electrons. The van der Waals surface area contributed by atoms with Crippen molar-refractivity contribution in [1.29, 1.82) is 0 Å². The maximum absolute atomic E-state index is 13.0. The summed E-state index contributed by atoms with van der Waals surface area (Å²) in [7, 11) is 0. The van der Waals surface area contributed by atoms with Gasteiger partial charge in [0.25, 0.3) is 0 Å². The van der Waals surface area contributed by atoms with Gasteiger partial charge in [0.15, 0.2) is 0 Å². The van der Waals surface area contributed by atoms with Crippen LogP contribution in [0.15, 0.2) is 24.3 Å². The zero-order valence-electron chi connectivity index (χ0n) is 11.7. The fourth-order valence-corrected chi connectivity index (χ4v) is 3.19. The number of amides is 1. The number of hydrogen-bond donors (Lipinski definition) is 1. The minimum absolute atomic E-state index is 0.0720. The van der Waals surface area contributed by atoms with Crippen LogP contribution in [-0.4, -0.2) is 17.4 Å². The van der Waals surface area contributed by atoms with E-state index in [0.29, 0.717) is 31.0 Å². The fourth-order valence-electron chi connectivity index (χ4n) is 2.93. The summed E-state index contributed by atoms with van der Waals surface area (Å²) in [6.45, 7) is 4.47. The molecule has 1 amide bonds. The standard InChI is InChI=1S/C15H19FN2OS/c1-3-18(12-6-4-11(16)5-7-12)14(19)15(13(17)20)8-10(2)9-15/h4-7,10H,3,8-9H2,1-2H3,(H2,17,20). The molecule has 5 heteroatoms. The lowest BCUT2D eigenvalue weighted by molar-refractivity contribution is -0.130. The van der Waals surface area contributed by atoms with Crippen molar-refractivity contribution < 1.29 is 9.18 Å². The number of halogens is 1. The molecule has 0 unspecified atom stereocenters. The highest BCUT2D eigenvalue weighted by molar-refractivity contribution is 7.80. The van der Waals surface area contributed by atoms with E-state index >= 15 is 0 Å². The van der Waals surface area contributed by atoms with Crippen LogP contribution in [0.25, 0.3) is 0 Å². The largest absolute Gasteiger partial charge is 0.392 e. The number of anilines is 1. The lowest BCUT2D eigenvalue weighted by atomic mass is 9.61. The zero-order valence-corrected chi connectivity index (χ0v) is 12.5. The number of thiocarbonyl (C=S) groups is 1. The van der Waals surface area contributed by atoms with Crippen LogP contribution in [0.1, 0.15) is 26.7 Å². The second kappa shape index (κ2) is 5.48. The second-order valence-corrected chi connectivity index (χ2v) is 5.93. The van der Waals surface area contributed by atoms with E-state index in [-0.39, 0.29) is 16.7 Å².